The van der Waals surface area contributed by atoms with E-state index < -0.39 is 16.8 Å². The number of nitrogens with one attached hydrogen (secondary N) is 1. The maximum absolute atomic E-state index is 12.2. The van der Waals surface area contributed by atoms with Crippen LogP contribution in [0.1, 0.15) is 18.4 Å². The minimum atomic E-state index is -0.847. The van der Waals surface area contributed by atoms with Gasteiger partial charge in [0.15, 0.2) is 0 Å². The van der Waals surface area contributed by atoms with Gasteiger partial charge in [0.1, 0.15) is 5.38 Å². The molecule has 1 aliphatic rings. The van der Waals surface area contributed by atoms with Crippen LogP contribution in [0.5, 0.6) is 0 Å². The highest BCUT2D eigenvalue weighted by molar-refractivity contribution is 6.30. The number of benzene rings is 1. The zero-order valence-electron chi connectivity index (χ0n) is 10.7. The van der Waals surface area contributed by atoms with Crippen molar-refractivity contribution in [2.45, 2.75) is 23.6 Å². The average molecular weight is 282 g/mol. The lowest BCUT2D eigenvalue weighted by molar-refractivity contribution is -0.140. The second-order valence-corrected chi connectivity index (χ2v) is 5.18. The zero-order chi connectivity index (χ0) is 13.9. The predicted octanol–water partition coefficient (Wildman–Crippen LogP) is 1.61. The van der Waals surface area contributed by atoms with Gasteiger partial charge in [-0.2, -0.15) is 0 Å². The van der Waals surface area contributed by atoms with Crippen LogP contribution in [-0.2, 0) is 19.7 Å². The van der Waals surface area contributed by atoms with Gasteiger partial charge in [0, 0.05) is 6.54 Å². The van der Waals surface area contributed by atoms with E-state index in [1.54, 1.807) is 0 Å². The van der Waals surface area contributed by atoms with Crippen molar-refractivity contribution in [3.05, 3.63) is 35.9 Å². The highest BCUT2D eigenvalue weighted by Gasteiger charge is 2.51. The van der Waals surface area contributed by atoms with Crippen molar-refractivity contribution >= 4 is 23.5 Å². The molecule has 1 unspecified atom stereocenters. The highest BCUT2D eigenvalue weighted by Crippen LogP contribution is 2.48. The van der Waals surface area contributed by atoms with Crippen LogP contribution in [0.3, 0.4) is 0 Å². The number of esters is 1. The Balaban J connectivity index is 1.96. The summed E-state index contributed by atoms with van der Waals surface area (Å²) in [7, 11) is 1.27. The van der Waals surface area contributed by atoms with Crippen LogP contribution >= 0.6 is 11.6 Å². The van der Waals surface area contributed by atoms with Gasteiger partial charge in [-0.05, 0) is 18.4 Å². The Morgan fingerprint density at radius 3 is 2.53 bits per heavy atom. The average Bonchev–Trinajstić information content (AvgIpc) is 3.26. The number of methoxy groups -OCH3 is 1. The number of alkyl halides is 1. The van der Waals surface area contributed by atoms with E-state index in [1.807, 2.05) is 30.3 Å². The highest BCUT2D eigenvalue weighted by atomic mass is 35.5. The lowest BCUT2D eigenvalue weighted by Crippen LogP contribution is -2.40. The van der Waals surface area contributed by atoms with Crippen molar-refractivity contribution in [2.24, 2.45) is 0 Å². The molecule has 5 heteroatoms. The number of carbonyl (C=O) groups excluding carboxylic acids is 2. The predicted molar refractivity (Wildman–Crippen MR) is 72.0 cm³/mol. The first-order valence-electron chi connectivity index (χ1n) is 6.16. The summed E-state index contributed by atoms with van der Waals surface area (Å²) in [6, 6.07) is 9.66. The molecule has 0 radical (unpaired) electrons. The molecule has 1 aliphatic carbocycles. The minimum absolute atomic E-state index is 0.0757. The topological polar surface area (TPSA) is 55.4 Å². The van der Waals surface area contributed by atoms with Gasteiger partial charge in [-0.15, -0.1) is 11.6 Å². The van der Waals surface area contributed by atoms with Crippen molar-refractivity contribution < 1.29 is 14.3 Å². The van der Waals surface area contributed by atoms with Gasteiger partial charge in [0.25, 0.3) is 0 Å². The molecular formula is C14H16ClNO3. The summed E-state index contributed by atoms with van der Waals surface area (Å²) in [4.78, 5) is 23.4. The fourth-order valence-electron chi connectivity index (χ4n) is 2.09. The number of hydrogen-bond donors (Lipinski definition) is 1. The maximum Gasteiger partial charge on any atom is 0.325 e. The van der Waals surface area contributed by atoms with Crippen LogP contribution in [-0.4, -0.2) is 30.9 Å². The number of rotatable bonds is 5. The van der Waals surface area contributed by atoms with E-state index in [-0.39, 0.29) is 12.5 Å². The Kier molecular flexibility index (Phi) is 4.10. The van der Waals surface area contributed by atoms with Gasteiger partial charge >= 0.3 is 5.97 Å². The van der Waals surface area contributed by atoms with Crippen molar-refractivity contribution in [1.29, 1.82) is 0 Å². The van der Waals surface area contributed by atoms with Gasteiger partial charge in [0.2, 0.25) is 5.91 Å². The molecular weight excluding hydrogens is 266 g/mol. The molecule has 4 nitrogen and oxygen atoms in total. The number of hydrogen-bond acceptors (Lipinski definition) is 3. The van der Waals surface area contributed by atoms with E-state index in [1.165, 1.54) is 7.11 Å². The summed E-state index contributed by atoms with van der Waals surface area (Å²) in [5.74, 6) is -0.611. The Bertz CT molecular complexity index is 471. The van der Waals surface area contributed by atoms with E-state index in [9.17, 15) is 9.59 Å². The number of carbonyl (C=O) groups is 2. The van der Waals surface area contributed by atoms with E-state index in [0.29, 0.717) is 0 Å². The van der Waals surface area contributed by atoms with Crippen LogP contribution in [0.4, 0.5) is 0 Å². The molecule has 102 valence electrons. The van der Waals surface area contributed by atoms with Crippen LogP contribution in [0.15, 0.2) is 30.3 Å². The quantitative estimate of drug-likeness (QED) is 0.659. The molecule has 1 aromatic carbocycles. The number of ether oxygens (including phenoxy) is 1. The third kappa shape index (κ3) is 2.89. The fourth-order valence-corrected chi connectivity index (χ4v) is 2.26. The molecule has 2 rings (SSSR count). The second kappa shape index (κ2) is 5.61. The van der Waals surface area contributed by atoms with Gasteiger partial charge in [-0.25, -0.2) is 0 Å². The Morgan fingerprint density at radius 2 is 2.00 bits per heavy atom. The molecule has 0 bridgehead atoms. The van der Waals surface area contributed by atoms with E-state index in [2.05, 4.69) is 10.1 Å². The second-order valence-electron chi connectivity index (χ2n) is 4.65. The third-order valence-corrected chi connectivity index (χ3v) is 3.74. The van der Waals surface area contributed by atoms with Crippen LogP contribution in [0, 0.1) is 0 Å². The monoisotopic (exact) mass is 281 g/mol. The smallest absolute Gasteiger partial charge is 0.325 e. The minimum Gasteiger partial charge on any atom is -0.468 e. The molecule has 1 atom stereocenters. The molecule has 1 saturated carbocycles. The number of halogens is 1. The lowest BCUT2D eigenvalue weighted by Gasteiger charge is -2.16. The molecule has 0 heterocycles. The van der Waals surface area contributed by atoms with Crippen LogP contribution in [0.2, 0.25) is 0 Å². The molecule has 0 spiro atoms. The lowest BCUT2D eigenvalue weighted by atomic mass is 9.95. The van der Waals surface area contributed by atoms with Crippen molar-refractivity contribution in [1.82, 2.24) is 5.32 Å². The Labute approximate surface area is 117 Å². The van der Waals surface area contributed by atoms with Crippen molar-refractivity contribution in [3.8, 4) is 0 Å². The summed E-state index contributed by atoms with van der Waals surface area (Å²) in [6.45, 7) is 0.0850. The summed E-state index contributed by atoms with van der Waals surface area (Å²) in [5, 5.41) is 1.88. The fraction of sp³-hybridized carbons (Fsp3) is 0.429. The Morgan fingerprint density at radius 1 is 1.37 bits per heavy atom. The van der Waals surface area contributed by atoms with Gasteiger partial charge in [-0.3, -0.25) is 9.59 Å². The van der Waals surface area contributed by atoms with Gasteiger partial charge < -0.3 is 10.1 Å². The standard InChI is InChI=1S/C14H16ClNO3/c1-19-12(17)11(15)9-16-13(18)14(7-8-14)10-5-3-2-4-6-10/h2-6,11H,7-9H2,1H3,(H,16,18). The molecule has 1 fully saturated rings. The van der Waals surface area contributed by atoms with E-state index >= 15 is 0 Å². The largest absolute Gasteiger partial charge is 0.468 e. The van der Waals surface area contributed by atoms with Gasteiger partial charge in [0.05, 0.1) is 12.5 Å². The first kappa shape index (κ1) is 13.9. The molecule has 1 N–H and O–H groups in total. The zero-order valence-corrected chi connectivity index (χ0v) is 11.4. The summed E-state index contributed by atoms with van der Waals surface area (Å²) in [5.41, 5.74) is 0.574. The third-order valence-electron chi connectivity index (χ3n) is 3.41. The van der Waals surface area contributed by atoms with Gasteiger partial charge in [-0.1, -0.05) is 30.3 Å². The Hall–Kier alpha value is -1.55. The molecule has 19 heavy (non-hydrogen) atoms. The number of amides is 1. The van der Waals surface area contributed by atoms with E-state index in [4.69, 9.17) is 11.6 Å². The summed E-state index contributed by atoms with van der Waals surface area (Å²) in [6.07, 6.45) is 1.65. The summed E-state index contributed by atoms with van der Waals surface area (Å²) < 4.78 is 4.51. The maximum atomic E-state index is 12.2. The molecule has 1 aromatic rings. The van der Waals surface area contributed by atoms with Crippen molar-refractivity contribution in [2.75, 3.05) is 13.7 Å². The van der Waals surface area contributed by atoms with E-state index in [0.717, 1.165) is 18.4 Å². The van der Waals surface area contributed by atoms with Crippen molar-refractivity contribution in [3.63, 3.8) is 0 Å². The molecule has 0 aliphatic heterocycles. The summed E-state index contributed by atoms with van der Waals surface area (Å²) >= 11 is 5.80. The van der Waals surface area contributed by atoms with Crippen LogP contribution in [0.25, 0.3) is 0 Å². The molecule has 1 amide bonds. The first-order chi connectivity index (χ1) is 9.10. The first-order valence-corrected chi connectivity index (χ1v) is 6.59. The van der Waals surface area contributed by atoms with Crippen LogP contribution < -0.4 is 5.32 Å². The molecule has 0 aromatic heterocycles. The normalized spacial score (nSPS) is 17.4. The molecule has 0 saturated heterocycles. The SMILES string of the molecule is COC(=O)C(Cl)CNC(=O)C1(c2ccccc2)CC1.